The normalized spacial score (nSPS) is 19.5. The predicted octanol–water partition coefficient (Wildman–Crippen LogP) is 5.22. The Bertz CT molecular complexity index is 1100. The van der Waals surface area contributed by atoms with Gasteiger partial charge in [0.25, 0.3) is 0 Å². The average Bonchev–Trinajstić information content (AvgIpc) is 3.43. The Morgan fingerprint density at radius 3 is 2.66 bits per heavy atom. The summed E-state index contributed by atoms with van der Waals surface area (Å²) < 4.78 is 6.35. The highest BCUT2D eigenvalue weighted by Crippen LogP contribution is 2.36. The molecular formula is C29H38N4O2. The molecule has 5 rings (SSSR count). The van der Waals surface area contributed by atoms with Crippen molar-refractivity contribution >= 4 is 28.1 Å². The SMILES string of the molecule is CCC(=O)N1CCC(OC2=CC=C(c3ccc4cccnc4c3NCCN3CCCC3)CC2)CC1. The number of amides is 1. The third-order valence-corrected chi connectivity index (χ3v) is 7.58. The number of ether oxygens (including phenoxy) is 1. The van der Waals surface area contributed by atoms with Crippen LogP contribution in [-0.2, 0) is 9.53 Å². The van der Waals surface area contributed by atoms with Gasteiger partial charge in [-0.2, -0.15) is 0 Å². The first-order chi connectivity index (χ1) is 17.2. The van der Waals surface area contributed by atoms with Gasteiger partial charge in [-0.15, -0.1) is 0 Å². The van der Waals surface area contributed by atoms with E-state index < -0.39 is 0 Å². The number of piperidine rings is 1. The molecule has 1 aliphatic carbocycles. The third-order valence-electron chi connectivity index (χ3n) is 7.58. The van der Waals surface area contributed by atoms with Crippen LogP contribution in [0.3, 0.4) is 0 Å². The van der Waals surface area contributed by atoms with E-state index in [0.29, 0.717) is 6.42 Å². The number of rotatable bonds is 8. The van der Waals surface area contributed by atoms with Gasteiger partial charge in [0.2, 0.25) is 5.91 Å². The maximum atomic E-state index is 11.9. The number of nitrogens with one attached hydrogen (secondary N) is 1. The lowest BCUT2D eigenvalue weighted by Gasteiger charge is -2.33. The maximum Gasteiger partial charge on any atom is 0.222 e. The second-order valence-corrected chi connectivity index (χ2v) is 9.92. The van der Waals surface area contributed by atoms with Gasteiger partial charge in [-0.3, -0.25) is 9.78 Å². The number of fused-ring (bicyclic) bond motifs is 1. The number of aromatic nitrogens is 1. The first-order valence-electron chi connectivity index (χ1n) is 13.4. The van der Waals surface area contributed by atoms with Crippen LogP contribution in [0.2, 0.25) is 0 Å². The van der Waals surface area contributed by atoms with Crippen molar-refractivity contribution in [2.45, 2.75) is 58.0 Å². The fraction of sp³-hybridized carbons (Fsp3) is 0.517. The number of anilines is 1. The Morgan fingerprint density at radius 1 is 1.09 bits per heavy atom. The van der Waals surface area contributed by atoms with Crippen LogP contribution in [0.15, 0.2) is 48.4 Å². The molecule has 2 fully saturated rings. The van der Waals surface area contributed by atoms with Crippen molar-refractivity contribution in [1.29, 1.82) is 0 Å². The van der Waals surface area contributed by atoms with Crippen molar-refractivity contribution in [3.8, 4) is 0 Å². The standard InChI is InChI=1S/C29H38N4O2/c1-2-27(34)33-19-13-25(14-20-33)35-24-10-7-22(8-11-24)26-12-9-23-6-5-15-30-28(23)29(26)31-16-21-32-17-3-4-18-32/h5-7,9-10,12,15,25,31H,2-4,8,11,13-14,16-21H2,1H3. The van der Waals surface area contributed by atoms with Crippen molar-refractivity contribution < 1.29 is 9.53 Å². The zero-order valence-corrected chi connectivity index (χ0v) is 21.0. The summed E-state index contributed by atoms with van der Waals surface area (Å²) >= 11 is 0. The van der Waals surface area contributed by atoms with Gasteiger partial charge >= 0.3 is 0 Å². The molecule has 0 radical (unpaired) electrons. The molecule has 0 unspecified atom stereocenters. The molecule has 6 heteroatoms. The fourth-order valence-corrected chi connectivity index (χ4v) is 5.54. The van der Waals surface area contributed by atoms with E-state index in [1.54, 1.807) is 0 Å². The lowest BCUT2D eigenvalue weighted by molar-refractivity contribution is -0.133. The predicted molar refractivity (Wildman–Crippen MR) is 142 cm³/mol. The van der Waals surface area contributed by atoms with Crippen LogP contribution in [0.4, 0.5) is 5.69 Å². The number of carbonyl (C=O) groups excluding carboxylic acids is 1. The highest BCUT2D eigenvalue weighted by Gasteiger charge is 2.24. The molecule has 186 valence electrons. The summed E-state index contributed by atoms with van der Waals surface area (Å²) in [5.74, 6) is 1.32. The summed E-state index contributed by atoms with van der Waals surface area (Å²) in [6.07, 6.45) is 13.4. The van der Waals surface area contributed by atoms with E-state index in [-0.39, 0.29) is 12.0 Å². The summed E-state index contributed by atoms with van der Waals surface area (Å²) in [7, 11) is 0. The number of nitrogens with zero attached hydrogens (tertiary/aromatic N) is 3. The van der Waals surface area contributed by atoms with Crippen LogP contribution >= 0.6 is 0 Å². The minimum atomic E-state index is 0.213. The number of allylic oxidation sites excluding steroid dienone is 4. The number of pyridine rings is 1. The van der Waals surface area contributed by atoms with Gasteiger partial charge in [0.1, 0.15) is 6.10 Å². The average molecular weight is 475 g/mol. The zero-order chi connectivity index (χ0) is 24.0. The van der Waals surface area contributed by atoms with E-state index in [4.69, 9.17) is 9.72 Å². The Labute approximate surface area is 209 Å². The van der Waals surface area contributed by atoms with Gasteiger partial charge in [-0.1, -0.05) is 31.2 Å². The van der Waals surface area contributed by atoms with E-state index >= 15 is 0 Å². The Kier molecular flexibility index (Phi) is 7.67. The monoisotopic (exact) mass is 474 g/mol. The van der Waals surface area contributed by atoms with Crippen LogP contribution in [0.5, 0.6) is 0 Å². The van der Waals surface area contributed by atoms with Gasteiger partial charge < -0.3 is 19.9 Å². The Balaban J connectivity index is 1.27. The minimum Gasteiger partial charge on any atom is -0.495 e. The molecule has 0 bridgehead atoms. The first kappa shape index (κ1) is 23.9. The summed E-state index contributed by atoms with van der Waals surface area (Å²) in [5, 5.41) is 4.92. The van der Waals surface area contributed by atoms with Crippen LogP contribution in [-0.4, -0.2) is 66.1 Å². The van der Waals surface area contributed by atoms with Crippen molar-refractivity contribution in [3.05, 3.63) is 53.9 Å². The van der Waals surface area contributed by atoms with E-state index in [9.17, 15) is 4.79 Å². The molecule has 1 N–H and O–H groups in total. The van der Waals surface area contributed by atoms with Crippen molar-refractivity contribution in [2.75, 3.05) is 44.6 Å². The summed E-state index contributed by atoms with van der Waals surface area (Å²) in [6, 6.07) is 8.57. The van der Waals surface area contributed by atoms with Gasteiger partial charge in [0.15, 0.2) is 0 Å². The molecule has 1 aromatic heterocycles. The Morgan fingerprint density at radius 2 is 1.91 bits per heavy atom. The van der Waals surface area contributed by atoms with Gasteiger partial charge in [0, 0.05) is 69.0 Å². The molecule has 3 aliphatic rings. The minimum absolute atomic E-state index is 0.213. The lowest BCUT2D eigenvalue weighted by Crippen LogP contribution is -2.40. The van der Waals surface area contributed by atoms with Crippen molar-refractivity contribution in [3.63, 3.8) is 0 Å². The molecule has 2 aromatic rings. The molecule has 0 saturated carbocycles. The quantitative estimate of drug-likeness (QED) is 0.568. The maximum absolute atomic E-state index is 11.9. The third kappa shape index (κ3) is 5.69. The smallest absolute Gasteiger partial charge is 0.222 e. The zero-order valence-electron chi connectivity index (χ0n) is 21.0. The van der Waals surface area contributed by atoms with Crippen LogP contribution < -0.4 is 5.32 Å². The van der Waals surface area contributed by atoms with Crippen molar-refractivity contribution in [2.24, 2.45) is 0 Å². The molecule has 2 saturated heterocycles. The fourth-order valence-electron chi connectivity index (χ4n) is 5.54. The van der Waals surface area contributed by atoms with E-state index in [2.05, 4.69) is 40.6 Å². The number of hydrogen-bond donors (Lipinski definition) is 1. The molecule has 6 nitrogen and oxygen atoms in total. The number of hydrogen-bond acceptors (Lipinski definition) is 5. The molecular weight excluding hydrogens is 436 g/mol. The summed E-state index contributed by atoms with van der Waals surface area (Å²) in [4.78, 5) is 21.2. The molecule has 0 atom stereocenters. The Hall–Kier alpha value is -2.86. The topological polar surface area (TPSA) is 57.7 Å². The van der Waals surface area contributed by atoms with E-state index in [1.165, 1.54) is 42.5 Å². The first-order valence-corrected chi connectivity index (χ1v) is 13.4. The van der Waals surface area contributed by atoms with Crippen molar-refractivity contribution in [1.82, 2.24) is 14.8 Å². The number of carbonyl (C=O) groups is 1. The number of likely N-dealkylation sites (tertiary alicyclic amines) is 2. The highest BCUT2D eigenvalue weighted by atomic mass is 16.5. The molecule has 0 spiro atoms. The second kappa shape index (κ2) is 11.3. The van der Waals surface area contributed by atoms with Crippen LogP contribution in [0, 0.1) is 0 Å². The molecule has 2 aliphatic heterocycles. The lowest BCUT2D eigenvalue weighted by atomic mass is 9.93. The summed E-state index contributed by atoms with van der Waals surface area (Å²) in [5.41, 5.74) is 4.78. The molecule has 3 heterocycles. The van der Waals surface area contributed by atoms with Gasteiger partial charge in [0.05, 0.1) is 17.0 Å². The molecule has 1 aromatic carbocycles. The number of benzene rings is 1. The van der Waals surface area contributed by atoms with Gasteiger partial charge in [-0.05, 0) is 50.1 Å². The molecule has 35 heavy (non-hydrogen) atoms. The molecule has 1 amide bonds. The van der Waals surface area contributed by atoms with Crippen LogP contribution in [0.1, 0.15) is 57.4 Å². The highest BCUT2D eigenvalue weighted by molar-refractivity contribution is 5.97. The second-order valence-electron chi connectivity index (χ2n) is 9.92. The largest absolute Gasteiger partial charge is 0.495 e. The summed E-state index contributed by atoms with van der Waals surface area (Å²) in [6.45, 7) is 7.98. The van der Waals surface area contributed by atoms with Gasteiger partial charge in [-0.25, -0.2) is 0 Å². The van der Waals surface area contributed by atoms with E-state index in [0.717, 1.165) is 68.8 Å². The van der Waals surface area contributed by atoms with Crippen LogP contribution in [0.25, 0.3) is 16.5 Å². The van der Waals surface area contributed by atoms with E-state index in [1.807, 2.05) is 24.1 Å².